The first-order valence-corrected chi connectivity index (χ1v) is 12.4. The van der Waals surface area contributed by atoms with Gasteiger partial charge in [0, 0.05) is 24.0 Å². The van der Waals surface area contributed by atoms with Crippen LogP contribution in [0.4, 0.5) is 17.3 Å². The molecule has 0 aliphatic rings. The predicted molar refractivity (Wildman–Crippen MR) is 146 cm³/mol. The summed E-state index contributed by atoms with van der Waals surface area (Å²) < 4.78 is 12.2. The average molecular weight is 518 g/mol. The van der Waals surface area contributed by atoms with Gasteiger partial charge in [-0.1, -0.05) is 12.6 Å². The Morgan fingerprint density at radius 3 is 2.65 bits per heavy atom. The molecule has 0 aliphatic heterocycles. The zero-order valence-electron chi connectivity index (χ0n) is 20.6. The van der Waals surface area contributed by atoms with Gasteiger partial charge in [0.1, 0.15) is 10.4 Å². The topological polar surface area (TPSA) is 106 Å². The Labute approximate surface area is 218 Å². The molecule has 10 heteroatoms. The minimum absolute atomic E-state index is 0.310. The SMILES string of the molecule is C=CC(=O)Nc1cccc(Oc2nc(Nc3ccc(C(=O)OCCCN(C)C)cc3)nc3ccsc23)c1. The van der Waals surface area contributed by atoms with Gasteiger partial charge in [-0.15, -0.1) is 11.3 Å². The van der Waals surface area contributed by atoms with Crippen molar-refractivity contribution >= 4 is 50.8 Å². The lowest BCUT2D eigenvalue weighted by Gasteiger charge is -2.11. The van der Waals surface area contributed by atoms with Gasteiger partial charge in [0.25, 0.3) is 0 Å². The first-order valence-electron chi connectivity index (χ1n) is 11.6. The van der Waals surface area contributed by atoms with Crippen molar-refractivity contribution in [3.8, 4) is 11.6 Å². The summed E-state index contributed by atoms with van der Waals surface area (Å²) in [7, 11) is 3.96. The van der Waals surface area contributed by atoms with Gasteiger partial charge in [-0.25, -0.2) is 9.78 Å². The van der Waals surface area contributed by atoms with Gasteiger partial charge in [-0.05, 0) is 74.4 Å². The summed E-state index contributed by atoms with van der Waals surface area (Å²) in [5.41, 5.74) is 2.48. The molecule has 0 aliphatic carbocycles. The van der Waals surface area contributed by atoms with E-state index in [0.717, 1.165) is 23.2 Å². The highest BCUT2D eigenvalue weighted by molar-refractivity contribution is 7.17. The fourth-order valence-corrected chi connectivity index (χ4v) is 4.11. The molecule has 37 heavy (non-hydrogen) atoms. The number of anilines is 3. The first kappa shape index (κ1) is 25.8. The fourth-order valence-electron chi connectivity index (χ4n) is 3.35. The Morgan fingerprint density at radius 2 is 1.89 bits per heavy atom. The average Bonchev–Trinajstić information content (AvgIpc) is 3.36. The molecule has 0 bridgehead atoms. The molecular weight excluding hydrogens is 490 g/mol. The van der Waals surface area contributed by atoms with Gasteiger partial charge in [0.05, 0.1) is 17.7 Å². The second-order valence-corrected chi connectivity index (χ2v) is 9.22. The van der Waals surface area contributed by atoms with E-state index in [1.807, 2.05) is 30.4 Å². The number of hydrogen-bond acceptors (Lipinski definition) is 9. The number of nitrogens with zero attached hydrogens (tertiary/aromatic N) is 3. The van der Waals surface area contributed by atoms with E-state index in [1.165, 1.54) is 17.4 Å². The number of benzene rings is 2. The van der Waals surface area contributed by atoms with E-state index < -0.39 is 0 Å². The van der Waals surface area contributed by atoms with Crippen LogP contribution in [0.5, 0.6) is 11.6 Å². The molecule has 1 amide bonds. The molecule has 0 saturated carbocycles. The molecule has 0 spiro atoms. The van der Waals surface area contributed by atoms with E-state index >= 15 is 0 Å². The van der Waals surface area contributed by atoms with Crippen LogP contribution in [-0.2, 0) is 9.53 Å². The molecule has 0 unspecified atom stereocenters. The lowest BCUT2D eigenvalue weighted by atomic mass is 10.2. The number of aromatic nitrogens is 2. The van der Waals surface area contributed by atoms with Crippen LogP contribution in [0.25, 0.3) is 10.2 Å². The van der Waals surface area contributed by atoms with Crippen molar-refractivity contribution < 1.29 is 19.1 Å². The first-order chi connectivity index (χ1) is 17.9. The Hall–Kier alpha value is -4.28. The monoisotopic (exact) mass is 517 g/mol. The molecule has 4 rings (SSSR count). The molecule has 0 radical (unpaired) electrons. The second kappa shape index (κ2) is 12.1. The van der Waals surface area contributed by atoms with Crippen LogP contribution in [0.1, 0.15) is 16.8 Å². The molecule has 9 nitrogen and oxygen atoms in total. The minimum Gasteiger partial charge on any atom is -0.462 e. The quantitative estimate of drug-likeness (QED) is 0.153. The standard InChI is InChI=1S/C27H27N5O4S/c1-4-23(33)28-20-7-5-8-21(17-20)36-25-24-22(13-16-37-24)30-27(31-25)29-19-11-9-18(10-12-19)26(34)35-15-6-14-32(2)3/h4-5,7-13,16-17H,1,6,14-15H2,2-3H3,(H,28,33)(H,29,30,31). The number of fused-ring (bicyclic) bond motifs is 1. The third-order valence-corrected chi connectivity index (χ3v) is 6.03. The van der Waals surface area contributed by atoms with Crippen molar-refractivity contribution in [3.05, 3.63) is 78.2 Å². The van der Waals surface area contributed by atoms with E-state index in [0.29, 0.717) is 41.1 Å². The highest BCUT2D eigenvalue weighted by Crippen LogP contribution is 2.33. The van der Waals surface area contributed by atoms with Crippen molar-refractivity contribution in [3.63, 3.8) is 0 Å². The molecule has 2 aromatic carbocycles. The number of carbonyl (C=O) groups is 2. The predicted octanol–water partition coefficient (Wildman–Crippen LogP) is 5.46. The number of ether oxygens (including phenoxy) is 2. The number of rotatable bonds is 11. The van der Waals surface area contributed by atoms with E-state index in [4.69, 9.17) is 9.47 Å². The van der Waals surface area contributed by atoms with Gasteiger partial charge in [-0.2, -0.15) is 4.98 Å². The van der Waals surface area contributed by atoms with Gasteiger partial charge >= 0.3 is 5.97 Å². The van der Waals surface area contributed by atoms with Crippen LogP contribution in [-0.4, -0.2) is 54.0 Å². The number of esters is 1. The van der Waals surface area contributed by atoms with Crippen LogP contribution >= 0.6 is 11.3 Å². The summed E-state index contributed by atoms with van der Waals surface area (Å²) in [6.45, 7) is 4.69. The van der Waals surface area contributed by atoms with Gasteiger partial charge in [0.2, 0.25) is 17.7 Å². The molecule has 0 atom stereocenters. The zero-order chi connectivity index (χ0) is 26.2. The number of hydrogen-bond donors (Lipinski definition) is 2. The second-order valence-electron chi connectivity index (χ2n) is 8.31. The maximum absolute atomic E-state index is 12.3. The Bertz CT molecular complexity index is 1400. The maximum atomic E-state index is 12.3. The summed E-state index contributed by atoms with van der Waals surface area (Å²) in [6, 6.07) is 15.8. The summed E-state index contributed by atoms with van der Waals surface area (Å²) in [5.74, 6) is 0.566. The maximum Gasteiger partial charge on any atom is 0.338 e. The normalized spacial score (nSPS) is 10.8. The molecule has 2 N–H and O–H groups in total. The molecule has 190 valence electrons. The lowest BCUT2D eigenvalue weighted by Crippen LogP contribution is -2.16. The number of amides is 1. The van der Waals surface area contributed by atoms with Crippen LogP contribution in [0, 0.1) is 0 Å². The Morgan fingerprint density at radius 1 is 1.08 bits per heavy atom. The van der Waals surface area contributed by atoms with Crippen LogP contribution in [0.2, 0.25) is 0 Å². The van der Waals surface area contributed by atoms with Crippen molar-refractivity contribution in [1.82, 2.24) is 14.9 Å². The zero-order valence-corrected chi connectivity index (χ0v) is 21.4. The van der Waals surface area contributed by atoms with E-state index in [2.05, 4.69) is 27.2 Å². The summed E-state index contributed by atoms with van der Waals surface area (Å²) >= 11 is 1.47. The van der Waals surface area contributed by atoms with Crippen LogP contribution in [0.3, 0.4) is 0 Å². The van der Waals surface area contributed by atoms with Crippen molar-refractivity contribution in [2.24, 2.45) is 0 Å². The lowest BCUT2D eigenvalue weighted by molar-refractivity contribution is -0.111. The molecule has 4 aromatic rings. The highest BCUT2D eigenvalue weighted by Gasteiger charge is 2.13. The molecule has 2 heterocycles. The highest BCUT2D eigenvalue weighted by atomic mass is 32.1. The van der Waals surface area contributed by atoms with Gasteiger partial charge in [0.15, 0.2) is 0 Å². The van der Waals surface area contributed by atoms with Gasteiger partial charge < -0.3 is 25.0 Å². The van der Waals surface area contributed by atoms with Gasteiger partial charge in [-0.3, -0.25) is 4.79 Å². The van der Waals surface area contributed by atoms with E-state index in [9.17, 15) is 9.59 Å². The summed E-state index contributed by atoms with van der Waals surface area (Å²) in [6.07, 6.45) is 1.98. The molecule has 0 fully saturated rings. The largest absolute Gasteiger partial charge is 0.462 e. The number of thiophene rings is 1. The molecule has 2 aromatic heterocycles. The smallest absolute Gasteiger partial charge is 0.338 e. The Balaban J connectivity index is 1.46. The van der Waals surface area contributed by atoms with Crippen LogP contribution in [0.15, 0.2) is 72.6 Å². The fraction of sp³-hybridized carbons (Fsp3) is 0.185. The Kier molecular flexibility index (Phi) is 8.44. The summed E-state index contributed by atoms with van der Waals surface area (Å²) in [5, 5.41) is 7.79. The molecule has 0 saturated heterocycles. The van der Waals surface area contributed by atoms with Crippen molar-refractivity contribution in [2.75, 3.05) is 37.9 Å². The van der Waals surface area contributed by atoms with Crippen LogP contribution < -0.4 is 15.4 Å². The number of carbonyl (C=O) groups excluding carboxylic acids is 2. The minimum atomic E-state index is -0.358. The third-order valence-electron chi connectivity index (χ3n) is 5.13. The van der Waals surface area contributed by atoms with Crippen molar-refractivity contribution in [1.29, 1.82) is 0 Å². The summed E-state index contributed by atoms with van der Waals surface area (Å²) in [4.78, 5) is 35.1. The molecular formula is C27H27N5O4S. The van der Waals surface area contributed by atoms with E-state index in [-0.39, 0.29) is 11.9 Å². The van der Waals surface area contributed by atoms with E-state index in [1.54, 1.807) is 48.5 Å². The number of nitrogens with one attached hydrogen (secondary N) is 2. The van der Waals surface area contributed by atoms with Crippen molar-refractivity contribution in [2.45, 2.75) is 6.42 Å². The third kappa shape index (κ3) is 7.12.